The van der Waals surface area contributed by atoms with Crippen LogP contribution in [0, 0.1) is 11.8 Å². The number of ether oxygens (including phenoxy) is 2. The average Bonchev–Trinajstić information content (AvgIpc) is 2.41. The number of hydrogen-bond donors (Lipinski definition) is 0. The van der Waals surface area contributed by atoms with Gasteiger partial charge in [0.15, 0.2) is 0 Å². The van der Waals surface area contributed by atoms with Crippen molar-refractivity contribution in [3.05, 3.63) is 0 Å². The summed E-state index contributed by atoms with van der Waals surface area (Å²) in [5, 5.41) is 0. The molecule has 0 amide bonds. The van der Waals surface area contributed by atoms with Gasteiger partial charge in [-0.05, 0) is 77.0 Å². The summed E-state index contributed by atoms with van der Waals surface area (Å²) in [5.41, 5.74) is 0. The lowest BCUT2D eigenvalue weighted by Gasteiger charge is -2.37. The molecule has 2 aliphatic rings. The Morgan fingerprint density at radius 1 is 0.611 bits per heavy atom. The third kappa shape index (κ3) is 3.96. The molecule has 0 spiro atoms. The van der Waals surface area contributed by atoms with E-state index in [1.54, 1.807) is 0 Å². The summed E-state index contributed by atoms with van der Waals surface area (Å²) >= 11 is 0. The van der Waals surface area contributed by atoms with Gasteiger partial charge in [-0.2, -0.15) is 0 Å². The molecule has 18 heavy (non-hydrogen) atoms. The van der Waals surface area contributed by atoms with Crippen LogP contribution in [-0.4, -0.2) is 25.4 Å². The van der Waals surface area contributed by atoms with Gasteiger partial charge in [-0.3, -0.25) is 0 Å². The predicted molar refractivity (Wildman–Crippen MR) is 74.7 cm³/mol. The van der Waals surface area contributed by atoms with Crippen molar-refractivity contribution in [2.75, 3.05) is 13.2 Å². The Labute approximate surface area is 112 Å². The van der Waals surface area contributed by atoms with Gasteiger partial charge < -0.3 is 9.47 Å². The molecular formula is C16H30O2. The van der Waals surface area contributed by atoms with Gasteiger partial charge in [-0.1, -0.05) is 0 Å². The minimum atomic E-state index is 0.561. The third-order valence-corrected chi connectivity index (χ3v) is 4.91. The highest BCUT2D eigenvalue weighted by molar-refractivity contribution is 4.82. The minimum Gasteiger partial charge on any atom is -0.379 e. The highest BCUT2D eigenvalue weighted by Crippen LogP contribution is 2.39. The van der Waals surface area contributed by atoms with Crippen LogP contribution in [0.3, 0.4) is 0 Å². The summed E-state index contributed by atoms with van der Waals surface area (Å²) in [5.74, 6) is 1.95. The normalized spacial score (nSPS) is 37.7. The fraction of sp³-hybridized carbons (Fsp3) is 1.00. The summed E-state index contributed by atoms with van der Waals surface area (Å²) in [7, 11) is 0. The fourth-order valence-corrected chi connectivity index (χ4v) is 3.92. The van der Waals surface area contributed by atoms with Gasteiger partial charge in [0.25, 0.3) is 0 Å². The first kappa shape index (κ1) is 14.3. The van der Waals surface area contributed by atoms with E-state index in [1.165, 1.54) is 51.4 Å². The zero-order chi connectivity index (χ0) is 12.8. The standard InChI is InChI=1S/C16H30O2/c1-3-17-15-9-5-13(6-10-15)14-7-11-16(12-8-14)18-4-2/h13-16H,3-12H2,1-2H3/t13-,14-,15-,16-. The molecule has 0 radical (unpaired) electrons. The molecule has 2 saturated carbocycles. The highest BCUT2D eigenvalue weighted by Gasteiger charge is 2.31. The van der Waals surface area contributed by atoms with E-state index in [4.69, 9.17) is 9.47 Å². The molecule has 0 heterocycles. The largest absolute Gasteiger partial charge is 0.379 e. The molecule has 2 rings (SSSR count). The minimum absolute atomic E-state index is 0.561. The van der Waals surface area contributed by atoms with E-state index < -0.39 is 0 Å². The van der Waals surface area contributed by atoms with Gasteiger partial charge >= 0.3 is 0 Å². The fourth-order valence-electron chi connectivity index (χ4n) is 3.92. The van der Waals surface area contributed by atoms with Crippen molar-refractivity contribution >= 4 is 0 Å². The Bertz CT molecular complexity index is 189. The van der Waals surface area contributed by atoms with Crippen molar-refractivity contribution in [1.29, 1.82) is 0 Å². The van der Waals surface area contributed by atoms with Crippen LogP contribution in [0.25, 0.3) is 0 Å². The van der Waals surface area contributed by atoms with Crippen molar-refractivity contribution in [2.45, 2.75) is 77.4 Å². The lowest BCUT2D eigenvalue weighted by atomic mass is 9.72. The summed E-state index contributed by atoms with van der Waals surface area (Å²) in [4.78, 5) is 0. The summed E-state index contributed by atoms with van der Waals surface area (Å²) in [6.45, 7) is 5.99. The van der Waals surface area contributed by atoms with E-state index in [0.29, 0.717) is 12.2 Å². The second-order valence-corrected chi connectivity index (χ2v) is 5.98. The molecule has 2 fully saturated rings. The molecule has 0 saturated heterocycles. The SMILES string of the molecule is CCO[C@H]1CC[C@H]([C@H]2CC[C@H](OCC)CC2)CC1. The monoisotopic (exact) mass is 254 g/mol. The predicted octanol–water partition coefficient (Wildman–Crippen LogP) is 4.18. The van der Waals surface area contributed by atoms with Crippen molar-refractivity contribution in [3.8, 4) is 0 Å². The quantitative estimate of drug-likeness (QED) is 0.733. The van der Waals surface area contributed by atoms with Crippen molar-refractivity contribution in [3.63, 3.8) is 0 Å². The van der Waals surface area contributed by atoms with Gasteiger partial charge in [0, 0.05) is 13.2 Å². The second kappa shape index (κ2) is 7.49. The van der Waals surface area contributed by atoms with E-state index in [9.17, 15) is 0 Å². The molecule has 0 bridgehead atoms. The summed E-state index contributed by atoms with van der Waals surface area (Å²) in [6.07, 6.45) is 11.9. The molecule has 0 aromatic carbocycles. The number of hydrogen-bond acceptors (Lipinski definition) is 2. The zero-order valence-corrected chi connectivity index (χ0v) is 12.2. The van der Waals surface area contributed by atoms with Gasteiger partial charge in [-0.15, -0.1) is 0 Å². The lowest BCUT2D eigenvalue weighted by Crippen LogP contribution is -2.30. The molecule has 0 atom stereocenters. The van der Waals surface area contributed by atoms with Crippen molar-refractivity contribution in [2.24, 2.45) is 11.8 Å². The molecule has 2 aliphatic carbocycles. The van der Waals surface area contributed by atoms with Crippen LogP contribution in [0.4, 0.5) is 0 Å². The first-order valence-corrected chi connectivity index (χ1v) is 8.06. The lowest BCUT2D eigenvalue weighted by molar-refractivity contribution is -0.00491. The molecule has 0 N–H and O–H groups in total. The van der Waals surface area contributed by atoms with Crippen LogP contribution in [0.15, 0.2) is 0 Å². The second-order valence-electron chi connectivity index (χ2n) is 5.98. The molecular weight excluding hydrogens is 224 g/mol. The van der Waals surface area contributed by atoms with Gasteiger partial charge in [0.1, 0.15) is 0 Å². The molecule has 0 unspecified atom stereocenters. The smallest absolute Gasteiger partial charge is 0.0575 e. The topological polar surface area (TPSA) is 18.5 Å². The molecule has 0 aromatic heterocycles. The molecule has 106 valence electrons. The summed E-state index contributed by atoms with van der Waals surface area (Å²) in [6, 6.07) is 0. The third-order valence-electron chi connectivity index (χ3n) is 4.91. The van der Waals surface area contributed by atoms with Crippen molar-refractivity contribution in [1.82, 2.24) is 0 Å². The Kier molecular flexibility index (Phi) is 5.97. The summed E-state index contributed by atoms with van der Waals surface area (Å²) < 4.78 is 11.5. The maximum atomic E-state index is 5.75. The van der Waals surface area contributed by atoms with Gasteiger partial charge in [0.05, 0.1) is 12.2 Å². The molecule has 0 aromatic rings. The zero-order valence-electron chi connectivity index (χ0n) is 12.2. The van der Waals surface area contributed by atoms with E-state index >= 15 is 0 Å². The van der Waals surface area contributed by atoms with E-state index in [-0.39, 0.29) is 0 Å². The van der Waals surface area contributed by atoms with E-state index in [2.05, 4.69) is 13.8 Å². The Morgan fingerprint density at radius 2 is 0.944 bits per heavy atom. The number of rotatable bonds is 5. The van der Waals surface area contributed by atoms with Crippen LogP contribution in [0.5, 0.6) is 0 Å². The van der Waals surface area contributed by atoms with Crippen LogP contribution in [0.2, 0.25) is 0 Å². The first-order chi connectivity index (χ1) is 8.83. The van der Waals surface area contributed by atoms with E-state index in [0.717, 1.165) is 25.0 Å². The maximum absolute atomic E-state index is 5.75. The Morgan fingerprint density at radius 3 is 1.22 bits per heavy atom. The van der Waals surface area contributed by atoms with Crippen LogP contribution in [0.1, 0.15) is 65.2 Å². The van der Waals surface area contributed by atoms with Crippen LogP contribution in [-0.2, 0) is 9.47 Å². The van der Waals surface area contributed by atoms with Crippen LogP contribution < -0.4 is 0 Å². The van der Waals surface area contributed by atoms with E-state index in [1.807, 2.05) is 0 Å². The maximum Gasteiger partial charge on any atom is 0.0575 e. The Balaban J connectivity index is 1.68. The molecule has 0 aliphatic heterocycles. The average molecular weight is 254 g/mol. The van der Waals surface area contributed by atoms with Gasteiger partial charge in [-0.25, -0.2) is 0 Å². The van der Waals surface area contributed by atoms with Crippen LogP contribution >= 0.6 is 0 Å². The van der Waals surface area contributed by atoms with Gasteiger partial charge in [0.2, 0.25) is 0 Å². The van der Waals surface area contributed by atoms with Crippen molar-refractivity contribution < 1.29 is 9.47 Å². The molecule has 2 nitrogen and oxygen atoms in total. The highest BCUT2D eigenvalue weighted by atomic mass is 16.5. The molecule has 2 heteroatoms. The first-order valence-electron chi connectivity index (χ1n) is 8.06. The Hall–Kier alpha value is -0.0800.